The Bertz CT molecular complexity index is 635. The van der Waals surface area contributed by atoms with Gasteiger partial charge in [-0.25, -0.2) is 0 Å². The van der Waals surface area contributed by atoms with Gasteiger partial charge in [0, 0.05) is 7.05 Å². The topological polar surface area (TPSA) is 70.2 Å². The van der Waals surface area contributed by atoms with E-state index in [4.69, 9.17) is 4.74 Å². The average molecular weight is 287 g/mol. The van der Waals surface area contributed by atoms with Gasteiger partial charge in [-0.2, -0.15) is 13.2 Å². The van der Waals surface area contributed by atoms with Crippen LogP contribution >= 0.6 is 0 Å². The summed E-state index contributed by atoms with van der Waals surface area (Å²) in [5.74, 6) is -0.619. The van der Waals surface area contributed by atoms with Crippen molar-refractivity contribution in [2.45, 2.75) is 6.18 Å². The van der Waals surface area contributed by atoms with Crippen LogP contribution in [0.25, 0.3) is 0 Å². The fourth-order valence-corrected chi connectivity index (χ4v) is 1.47. The molecular formula is C11H8F3N3O3. The number of nitrogens with zero attached hydrogens (tertiary/aromatic N) is 3. The lowest BCUT2D eigenvalue weighted by atomic mass is 10.2. The number of benzene rings is 1. The highest BCUT2D eigenvalue weighted by molar-refractivity contribution is 5.39. The van der Waals surface area contributed by atoms with Gasteiger partial charge in [0.1, 0.15) is 5.75 Å². The molecule has 2 aromatic rings. The molecule has 6 nitrogen and oxygen atoms in total. The molecule has 0 aliphatic rings. The van der Waals surface area contributed by atoms with E-state index in [-0.39, 0.29) is 11.6 Å². The molecule has 0 bridgehead atoms. The summed E-state index contributed by atoms with van der Waals surface area (Å²) in [4.78, 5) is 13.5. The highest BCUT2D eigenvalue weighted by Gasteiger charge is 2.30. The van der Waals surface area contributed by atoms with Crippen LogP contribution in [-0.4, -0.2) is 14.5 Å². The SMILES string of the molecule is Cn1cnc([N+](=O)[O-])c1Oc1ccc(C(F)(F)F)cc1. The summed E-state index contributed by atoms with van der Waals surface area (Å²) in [6.45, 7) is 0. The van der Waals surface area contributed by atoms with Gasteiger partial charge in [0.05, 0.1) is 5.56 Å². The van der Waals surface area contributed by atoms with Crippen LogP contribution in [0.2, 0.25) is 0 Å². The number of hydrogen-bond acceptors (Lipinski definition) is 4. The van der Waals surface area contributed by atoms with Crippen LogP contribution in [0.15, 0.2) is 30.6 Å². The third kappa shape index (κ3) is 2.71. The number of alkyl halides is 3. The first-order valence-corrected chi connectivity index (χ1v) is 5.30. The molecule has 20 heavy (non-hydrogen) atoms. The predicted molar refractivity (Wildman–Crippen MR) is 61.4 cm³/mol. The molecule has 0 aliphatic carbocycles. The number of hydrogen-bond donors (Lipinski definition) is 0. The molecule has 0 N–H and O–H groups in total. The van der Waals surface area contributed by atoms with E-state index < -0.39 is 22.5 Å². The molecule has 0 radical (unpaired) electrons. The largest absolute Gasteiger partial charge is 0.434 e. The summed E-state index contributed by atoms with van der Waals surface area (Å²) < 4.78 is 43.6. The molecule has 0 saturated carbocycles. The van der Waals surface area contributed by atoms with Crippen molar-refractivity contribution in [3.05, 3.63) is 46.3 Å². The minimum atomic E-state index is -4.45. The maximum atomic E-state index is 12.4. The van der Waals surface area contributed by atoms with Crippen molar-refractivity contribution >= 4 is 5.82 Å². The molecule has 1 aromatic carbocycles. The maximum absolute atomic E-state index is 12.4. The first-order chi connectivity index (χ1) is 9.29. The van der Waals surface area contributed by atoms with Gasteiger partial charge in [0.2, 0.25) is 6.33 Å². The Morgan fingerprint density at radius 1 is 1.30 bits per heavy atom. The highest BCUT2D eigenvalue weighted by Crippen LogP contribution is 2.33. The molecular weight excluding hydrogens is 279 g/mol. The summed E-state index contributed by atoms with van der Waals surface area (Å²) in [6, 6.07) is 3.83. The standard InChI is InChI=1S/C11H8F3N3O3/c1-16-6-15-9(17(18)19)10(16)20-8-4-2-7(3-5-8)11(12,13)14/h2-6H,1H3. The Hall–Kier alpha value is -2.58. The zero-order valence-corrected chi connectivity index (χ0v) is 10.1. The fourth-order valence-electron chi connectivity index (χ4n) is 1.47. The molecule has 0 unspecified atom stereocenters. The molecule has 0 amide bonds. The van der Waals surface area contributed by atoms with E-state index in [0.717, 1.165) is 24.3 Å². The zero-order chi connectivity index (χ0) is 14.9. The maximum Gasteiger partial charge on any atom is 0.427 e. The second kappa shape index (κ2) is 4.83. The normalized spacial score (nSPS) is 11.4. The number of aromatic nitrogens is 2. The average Bonchev–Trinajstić information content (AvgIpc) is 2.71. The van der Waals surface area contributed by atoms with Gasteiger partial charge in [-0.05, 0) is 34.2 Å². The molecule has 0 spiro atoms. The van der Waals surface area contributed by atoms with Crippen molar-refractivity contribution in [1.82, 2.24) is 9.55 Å². The lowest BCUT2D eigenvalue weighted by Crippen LogP contribution is -2.04. The third-order valence-corrected chi connectivity index (χ3v) is 2.43. The lowest BCUT2D eigenvalue weighted by molar-refractivity contribution is -0.390. The smallest absolute Gasteiger partial charge is 0.427 e. The van der Waals surface area contributed by atoms with Crippen LogP contribution in [0.5, 0.6) is 11.6 Å². The summed E-state index contributed by atoms with van der Waals surface area (Å²) in [6.07, 6.45) is -3.27. The number of halogens is 3. The van der Waals surface area contributed by atoms with Gasteiger partial charge in [-0.3, -0.25) is 4.57 Å². The number of aryl methyl sites for hydroxylation is 1. The predicted octanol–water partition coefficient (Wildman–Crippen LogP) is 3.14. The summed E-state index contributed by atoms with van der Waals surface area (Å²) in [5.41, 5.74) is -0.829. The Labute approximate surface area is 110 Å². The summed E-state index contributed by atoms with van der Waals surface area (Å²) >= 11 is 0. The Morgan fingerprint density at radius 3 is 2.40 bits per heavy atom. The molecule has 1 heterocycles. The second-order valence-electron chi connectivity index (χ2n) is 3.87. The molecule has 106 valence electrons. The van der Waals surface area contributed by atoms with Crippen LogP contribution in [0.1, 0.15) is 5.56 Å². The Balaban J connectivity index is 2.27. The van der Waals surface area contributed by atoms with Crippen molar-refractivity contribution in [1.29, 1.82) is 0 Å². The quantitative estimate of drug-likeness (QED) is 0.642. The van der Waals surface area contributed by atoms with E-state index in [1.165, 1.54) is 17.9 Å². The van der Waals surface area contributed by atoms with Crippen LogP contribution in [0.4, 0.5) is 19.0 Å². The zero-order valence-electron chi connectivity index (χ0n) is 10.1. The molecule has 2 rings (SSSR count). The van der Waals surface area contributed by atoms with E-state index in [1.54, 1.807) is 0 Å². The minimum absolute atomic E-state index is 0.0460. The summed E-state index contributed by atoms with van der Waals surface area (Å²) in [7, 11) is 1.47. The van der Waals surface area contributed by atoms with Gasteiger partial charge < -0.3 is 14.9 Å². The molecule has 0 fully saturated rings. The van der Waals surface area contributed by atoms with Crippen LogP contribution < -0.4 is 4.74 Å². The second-order valence-corrected chi connectivity index (χ2v) is 3.87. The number of imidazole rings is 1. The van der Waals surface area contributed by atoms with E-state index in [2.05, 4.69) is 4.98 Å². The van der Waals surface area contributed by atoms with E-state index in [0.29, 0.717) is 0 Å². The third-order valence-electron chi connectivity index (χ3n) is 2.43. The van der Waals surface area contributed by atoms with Crippen molar-refractivity contribution in [3.63, 3.8) is 0 Å². The van der Waals surface area contributed by atoms with Crippen molar-refractivity contribution < 1.29 is 22.8 Å². The first kappa shape index (κ1) is 13.8. The van der Waals surface area contributed by atoms with Gasteiger partial charge in [0.25, 0.3) is 0 Å². The molecule has 0 saturated heterocycles. The Kier molecular flexibility index (Phi) is 3.35. The number of rotatable bonds is 3. The monoisotopic (exact) mass is 287 g/mol. The number of ether oxygens (including phenoxy) is 1. The van der Waals surface area contributed by atoms with Gasteiger partial charge in [-0.1, -0.05) is 0 Å². The first-order valence-electron chi connectivity index (χ1n) is 5.30. The van der Waals surface area contributed by atoms with E-state index in [1.807, 2.05) is 0 Å². The van der Waals surface area contributed by atoms with E-state index in [9.17, 15) is 23.3 Å². The molecule has 9 heteroatoms. The molecule has 0 atom stereocenters. The highest BCUT2D eigenvalue weighted by atomic mass is 19.4. The van der Waals surface area contributed by atoms with Crippen LogP contribution in [0, 0.1) is 10.1 Å². The van der Waals surface area contributed by atoms with Crippen molar-refractivity contribution in [2.75, 3.05) is 0 Å². The van der Waals surface area contributed by atoms with Crippen molar-refractivity contribution in [2.24, 2.45) is 7.05 Å². The summed E-state index contributed by atoms with van der Waals surface area (Å²) in [5, 5.41) is 10.7. The molecule has 0 aliphatic heterocycles. The van der Waals surface area contributed by atoms with E-state index >= 15 is 0 Å². The van der Waals surface area contributed by atoms with Crippen LogP contribution in [-0.2, 0) is 13.2 Å². The number of nitro groups is 1. The van der Waals surface area contributed by atoms with Gasteiger partial charge >= 0.3 is 17.9 Å². The minimum Gasteiger partial charge on any atom is -0.434 e. The van der Waals surface area contributed by atoms with Crippen molar-refractivity contribution in [3.8, 4) is 11.6 Å². The van der Waals surface area contributed by atoms with Crippen LogP contribution in [0.3, 0.4) is 0 Å². The molecule has 1 aromatic heterocycles. The fraction of sp³-hybridized carbons (Fsp3) is 0.182. The van der Waals surface area contributed by atoms with Gasteiger partial charge in [-0.15, -0.1) is 0 Å². The Morgan fingerprint density at radius 2 is 1.90 bits per heavy atom. The lowest BCUT2D eigenvalue weighted by Gasteiger charge is -2.08. The van der Waals surface area contributed by atoms with Gasteiger partial charge in [0.15, 0.2) is 0 Å².